The predicted molar refractivity (Wildman–Crippen MR) is 126 cm³/mol. The van der Waals surface area contributed by atoms with Gasteiger partial charge in [0.1, 0.15) is 17.2 Å². The number of aromatic nitrogens is 2. The number of nitrogens with zero attached hydrogens (tertiary/aromatic N) is 1. The normalized spacial score (nSPS) is 11.0. The fourth-order valence-corrected chi connectivity index (χ4v) is 3.41. The molecule has 0 spiro atoms. The van der Waals surface area contributed by atoms with E-state index in [2.05, 4.69) is 20.6 Å². The molecule has 0 saturated carbocycles. The van der Waals surface area contributed by atoms with Gasteiger partial charge in [-0.15, -0.1) is 0 Å². The van der Waals surface area contributed by atoms with Crippen LogP contribution < -0.4 is 15.4 Å². The van der Waals surface area contributed by atoms with Crippen molar-refractivity contribution in [1.29, 1.82) is 0 Å². The first kappa shape index (κ1) is 22.0. The molecule has 0 radical (unpaired) electrons. The highest BCUT2D eigenvalue weighted by molar-refractivity contribution is 6.34. The molecular formula is C24H18ClFN4O3. The first-order valence-corrected chi connectivity index (χ1v) is 10.2. The number of halogens is 2. The number of amides is 2. The van der Waals surface area contributed by atoms with Crippen LogP contribution in [0.1, 0.15) is 15.9 Å². The van der Waals surface area contributed by atoms with Crippen molar-refractivity contribution in [2.24, 2.45) is 0 Å². The number of carbonyl (C=O) groups is 2. The summed E-state index contributed by atoms with van der Waals surface area (Å²) in [6.07, 6.45) is 6.00. The molecule has 0 aliphatic carbocycles. The number of benzene rings is 2. The fraction of sp³-hybridized carbons (Fsp3) is 0.0417. The fourth-order valence-electron chi connectivity index (χ4n) is 3.17. The molecule has 0 saturated heterocycles. The summed E-state index contributed by atoms with van der Waals surface area (Å²) in [5.74, 6) is -1.34. The Morgan fingerprint density at radius 3 is 2.79 bits per heavy atom. The number of hydrogen-bond acceptors (Lipinski definition) is 4. The molecular weight excluding hydrogens is 447 g/mol. The second-order valence-electron chi connectivity index (χ2n) is 6.97. The van der Waals surface area contributed by atoms with E-state index >= 15 is 0 Å². The van der Waals surface area contributed by atoms with Gasteiger partial charge in [-0.25, -0.2) is 9.37 Å². The second-order valence-corrected chi connectivity index (χ2v) is 7.38. The number of anilines is 2. The van der Waals surface area contributed by atoms with Gasteiger partial charge in [0.05, 0.1) is 35.3 Å². The zero-order chi connectivity index (χ0) is 23.4. The molecule has 0 fully saturated rings. The molecule has 4 rings (SSSR count). The number of ether oxygens (including phenoxy) is 1. The Hall–Kier alpha value is -4.17. The third-order valence-corrected chi connectivity index (χ3v) is 5.08. The lowest BCUT2D eigenvalue weighted by molar-refractivity contribution is -0.111. The lowest BCUT2D eigenvalue weighted by atomic mass is 10.1. The number of carbonyl (C=O) groups excluding carboxylic acids is 2. The second kappa shape index (κ2) is 9.54. The van der Waals surface area contributed by atoms with Crippen LogP contribution in [0.15, 0.2) is 67.0 Å². The van der Waals surface area contributed by atoms with Crippen molar-refractivity contribution in [3.8, 4) is 5.75 Å². The number of fused-ring (bicyclic) bond motifs is 1. The van der Waals surface area contributed by atoms with Crippen molar-refractivity contribution in [3.05, 3.63) is 89.0 Å². The lowest BCUT2D eigenvalue weighted by Gasteiger charge is -2.10. The van der Waals surface area contributed by atoms with Crippen molar-refractivity contribution in [3.63, 3.8) is 0 Å². The van der Waals surface area contributed by atoms with Gasteiger partial charge in [0, 0.05) is 23.2 Å². The number of H-pyrrole nitrogens is 1. The quantitative estimate of drug-likeness (QED) is 0.339. The molecule has 2 aromatic heterocycles. The van der Waals surface area contributed by atoms with Crippen LogP contribution in [0, 0.1) is 5.82 Å². The highest BCUT2D eigenvalue weighted by atomic mass is 35.5. The molecule has 9 heteroatoms. The summed E-state index contributed by atoms with van der Waals surface area (Å²) in [4.78, 5) is 32.3. The van der Waals surface area contributed by atoms with Gasteiger partial charge < -0.3 is 20.4 Å². The van der Waals surface area contributed by atoms with Crippen LogP contribution in [0.2, 0.25) is 5.02 Å². The Labute approximate surface area is 193 Å². The Kier molecular flexibility index (Phi) is 6.37. The van der Waals surface area contributed by atoms with E-state index in [4.69, 9.17) is 16.3 Å². The summed E-state index contributed by atoms with van der Waals surface area (Å²) >= 11 is 6.09. The van der Waals surface area contributed by atoms with Crippen molar-refractivity contribution in [2.45, 2.75) is 0 Å². The Bertz CT molecular complexity index is 1380. The molecule has 0 aliphatic heterocycles. The largest absolute Gasteiger partial charge is 0.496 e. The monoisotopic (exact) mass is 464 g/mol. The van der Waals surface area contributed by atoms with E-state index in [1.54, 1.807) is 42.6 Å². The Morgan fingerprint density at radius 1 is 1.15 bits per heavy atom. The highest BCUT2D eigenvalue weighted by Gasteiger charge is 2.17. The highest BCUT2D eigenvalue weighted by Crippen LogP contribution is 2.26. The van der Waals surface area contributed by atoms with E-state index in [0.717, 1.165) is 11.5 Å². The molecule has 166 valence electrons. The van der Waals surface area contributed by atoms with Gasteiger partial charge in [0.15, 0.2) is 0 Å². The van der Waals surface area contributed by atoms with Crippen molar-refractivity contribution < 1.29 is 18.7 Å². The number of hydrogen-bond donors (Lipinski definition) is 3. The molecule has 2 amide bonds. The number of pyridine rings is 1. The summed E-state index contributed by atoms with van der Waals surface area (Å²) in [5.41, 5.74) is 1.62. The van der Waals surface area contributed by atoms with E-state index in [1.807, 2.05) is 6.07 Å². The van der Waals surface area contributed by atoms with Crippen LogP contribution in [0.25, 0.3) is 17.1 Å². The minimum Gasteiger partial charge on any atom is -0.496 e. The molecule has 2 heterocycles. The first-order valence-electron chi connectivity index (χ1n) is 9.80. The maximum Gasteiger partial charge on any atom is 0.257 e. The number of methoxy groups -OCH3 is 1. The van der Waals surface area contributed by atoms with Gasteiger partial charge in [-0.1, -0.05) is 29.8 Å². The minimum atomic E-state index is -0.772. The summed E-state index contributed by atoms with van der Waals surface area (Å²) < 4.78 is 19.6. The van der Waals surface area contributed by atoms with Crippen LogP contribution in [-0.2, 0) is 4.79 Å². The molecule has 0 bridgehead atoms. The molecule has 7 nitrogen and oxygen atoms in total. The van der Waals surface area contributed by atoms with Crippen LogP contribution in [0.3, 0.4) is 0 Å². The molecule has 0 unspecified atom stereocenters. The number of aromatic amines is 1. The number of nitrogens with one attached hydrogen (secondary N) is 3. The van der Waals surface area contributed by atoms with E-state index in [1.165, 1.54) is 25.4 Å². The third kappa shape index (κ3) is 5.02. The van der Waals surface area contributed by atoms with Gasteiger partial charge in [-0.2, -0.15) is 0 Å². The molecule has 33 heavy (non-hydrogen) atoms. The summed E-state index contributed by atoms with van der Waals surface area (Å²) in [6.45, 7) is 0. The first-order chi connectivity index (χ1) is 15.9. The molecule has 3 N–H and O–H groups in total. The van der Waals surface area contributed by atoms with Crippen molar-refractivity contribution >= 4 is 51.9 Å². The number of rotatable bonds is 6. The van der Waals surface area contributed by atoms with E-state index < -0.39 is 17.6 Å². The van der Waals surface area contributed by atoms with Crippen LogP contribution in [0.5, 0.6) is 5.75 Å². The lowest BCUT2D eigenvalue weighted by Crippen LogP contribution is -2.15. The average Bonchev–Trinajstić information content (AvgIpc) is 3.27. The van der Waals surface area contributed by atoms with Gasteiger partial charge in [-0.05, 0) is 36.4 Å². The standard InChI is InChI=1S/C24H18ClFN4O3/c1-33-21-5-3-2-4-14(21)6-7-22(31)30-20-11-17(18(25)12-19(20)26)24(32)29-16-10-15-8-9-27-23(15)28-13-16/h2-13H,1H3,(H,27,28)(H,29,32)(H,30,31)/b7-6+. The van der Waals surface area contributed by atoms with Gasteiger partial charge in [0.25, 0.3) is 5.91 Å². The maximum atomic E-state index is 14.4. The topological polar surface area (TPSA) is 96.1 Å². The van der Waals surface area contributed by atoms with Crippen molar-refractivity contribution in [1.82, 2.24) is 9.97 Å². The van der Waals surface area contributed by atoms with Gasteiger partial charge in [0.2, 0.25) is 5.91 Å². The van der Waals surface area contributed by atoms with E-state index in [-0.39, 0.29) is 16.3 Å². The number of para-hydroxylation sites is 1. The zero-order valence-electron chi connectivity index (χ0n) is 17.4. The Morgan fingerprint density at radius 2 is 1.97 bits per heavy atom. The summed E-state index contributed by atoms with van der Waals surface area (Å²) in [6, 6.07) is 12.8. The van der Waals surface area contributed by atoms with Gasteiger partial charge >= 0.3 is 0 Å². The smallest absolute Gasteiger partial charge is 0.257 e. The SMILES string of the molecule is COc1ccccc1/C=C/C(=O)Nc1cc(C(=O)Nc2cnc3[nH]ccc3c2)c(Cl)cc1F. The predicted octanol–water partition coefficient (Wildman–Crippen LogP) is 5.27. The van der Waals surface area contributed by atoms with Crippen LogP contribution >= 0.6 is 11.6 Å². The molecule has 4 aromatic rings. The van der Waals surface area contributed by atoms with Crippen LogP contribution in [-0.4, -0.2) is 28.9 Å². The minimum absolute atomic E-state index is 0.00348. The molecule has 2 aromatic carbocycles. The maximum absolute atomic E-state index is 14.4. The van der Waals surface area contributed by atoms with E-state index in [0.29, 0.717) is 22.6 Å². The van der Waals surface area contributed by atoms with Gasteiger partial charge in [-0.3, -0.25) is 9.59 Å². The third-order valence-electron chi connectivity index (χ3n) is 4.77. The summed E-state index contributed by atoms with van der Waals surface area (Å²) in [7, 11) is 1.52. The Balaban J connectivity index is 1.51. The van der Waals surface area contributed by atoms with Crippen LogP contribution in [0.4, 0.5) is 15.8 Å². The average molecular weight is 465 g/mol. The zero-order valence-corrected chi connectivity index (χ0v) is 18.1. The van der Waals surface area contributed by atoms with Crippen molar-refractivity contribution in [2.75, 3.05) is 17.7 Å². The van der Waals surface area contributed by atoms with E-state index in [9.17, 15) is 14.0 Å². The summed E-state index contributed by atoms with van der Waals surface area (Å²) in [5, 5.41) is 5.82. The molecule has 0 aliphatic rings. The molecule has 0 atom stereocenters.